The van der Waals surface area contributed by atoms with Crippen molar-refractivity contribution < 1.29 is 31.8 Å². The summed E-state index contributed by atoms with van der Waals surface area (Å²) in [7, 11) is -3.61. The molecule has 2 atom stereocenters. The first-order valence-corrected chi connectivity index (χ1v) is 5.85. The standard InChI is InChI=1S/C7H11F2NO5S/c1-15-4-2-5(6(11)12)10(3-4)16(13,14)7(8)9/h4-5,7H,2-3H2,1H3,(H,11,12). The maximum absolute atomic E-state index is 12.3. The van der Waals surface area contributed by atoms with Crippen LogP contribution in [0.3, 0.4) is 0 Å². The number of hydrogen-bond donors (Lipinski definition) is 1. The molecule has 0 amide bonds. The lowest BCUT2D eigenvalue weighted by molar-refractivity contribution is -0.140. The van der Waals surface area contributed by atoms with E-state index in [9.17, 15) is 22.0 Å². The topological polar surface area (TPSA) is 83.9 Å². The summed E-state index contributed by atoms with van der Waals surface area (Å²) in [4.78, 5) is 10.7. The molecule has 1 saturated heterocycles. The van der Waals surface area contributed by atoms with Crippen LogP contribution in [-0.2, 0) is 19.6 Å². The van der Waals surface area contributed by atoms with Crippen molar-refractivity contribution in [3.05, 3.63) is 0 Å². The normalized spacial score (nSPS) is 27.5. The second-order valence-corrected chi connectivity index (χ2v) is 5.18. The molecule has 16 heavy (non-hydrogen) atoms. The van der Waals surface area contributed by atoms with Gasteiger partial charge in [-0.2, -0.15) is 13.1 Å². The predicted octanol–water partition coefficient (Wildman–Crippen LogP) is -0.287. The van der Waals surface area contributed by atoms with Crippen molar-refractivity contribution in [1.29, 1.82) is 0 Å². The minimum Gasteiger partial charge on any atom is -0.480 e. The number of ether oxygens (including phenoxy) is 1. The molecule has 9 heteroatoms. The molecule has 0 spiro atoms. The van der Waals surface area contributed by atoms with Crippen LogP contribution < -0.4 is 0 Å². The highest BCUT2D eigenvalue weighted by molar-refractivity contribution is 7.89. The van der Waals surface area contributed by atoms with Crippen LogP contribution in [0.15, 0.2) is 0 Å². The number of methoxy groups -OCH3 is 1. The Morgan fingerprint density at radius 2 is 2.12 bits per heavy atom. The van der Waals surface area contributed by atoms with Gasteiger partial charge in [-0.1, -0.05) is 0 Å². The van der Waals surface area contributed by atoms with Crippen molar-refractivity contribution in [2.45, 2.75) is 24.3 Å². The Hall–Kier alpha value is -0.800. The zero-order chi connectivity index (χ0) is 12.5. The number of carbonyl (C=O) groups is 1. The van der Waals surface area contributed by atoms with Gasteiger partial charge in [0.05, 0.1) is 6.10 Å². The molecule has 1 fully saturated rings. The quantitative estimate of drug-likeness (QED) is 0.750. The molecule has 0 aliphatic carbocycles. The Morgan fingerprint density at radius 3 is 2.50 bits per heavy atom. The third kappa shape index (κ3) is 2.30. The second kappa shape index (κ2) is 4.60. The van der Waals surface area contributed by atoms with Crippen LogP contribution in [0.1, 0.15) is 6.42 Å². The zero-order valence-electron chi connectivity index (χ0n) is 8.34. The lowest BCUT2D eigenvalue weighted by Crippen LogP contribution is -2.43. The van der Waals surface area contributed by atoms with Crippen molar-refractivity contribution in [1.82, 2.24) is 4.31 Å². The molecule has 6 nitrogen and oxygen atoms in total. The molecule has 1 N–H and O–H groups in total. The van der Waals surface area contributed by atoms with E-state index in [0.29, 0.717) is 0 Å². The van der Waals surface area contributed by atoms with Crippen LogP contribution in [0.5, 0.6) is 0 Å². The minimum atomic E-state index is -4.87. The summed E-state index contributed by atoms with van der Waals surface area (Å²) in [6.45, 7) is -0.361. The van der Waals surface area contributed by atoms with Crippen LogP contribution in [0.2, 0.25) is 0 Å². The molecule has 1 aliphatic rings. The molecule has 0 aromatic heterocycles. The fraction of sp³-hybridized carbons (Fsp3) is 0.857. The Bertz CT molecular complexity index is 371. The summed E-state index contributed by atoms with van der Waals surface area (Å²) >= 11 is 0. The van der Waals surface area contributed by atoms with E-state index in [0.717, 1.165) is 0 Å². The number of halogens is 2. The van der Waals surface area contributed by atoms with E-state index in [1.165, 1.54) is 7.11 Å². The lowest BCUT2D eigenvalue weighted by atomic mass is 10.2. The maximum Gasteiger partial charge on any atom is 0.350 e. The smallest absolute Gasteiger partial charge is 0.350 e. The molecule has 0 aromatic rings. The lowest BCUT2D eigenvalue weighted by Gasteiger charge is -2.19. The van der Waals surface area contributed by atoms with Gasteiger partial charge in [-0.15, -0.1) is 0 Å². The molecule has 0 radical (unpaired) electrons. The van der Waals surface area contributed by atoms with E-state index in [2.05, 4.69) is 0 Å². The molecule has 0 bridgehead atoms. The third-order valence-corrected chi connectivity index (χ3v) is 3.90. The van der Waals surface area contributed by atoms with E-state index in [1.54, 1.807) is 0 Å². The fourth-order valence-corrected chi connectivity index (χ4v) is 2.66. The number of carboxylic acid groups (broad SMARTS) is 1. The van der Waals surface area contributed by atoms with Gasteiger partial charge in [0.25, 0.3) is 10.0 Å². The number of alkyl halides is 2. The summed E-state index contributed by atoms with van der Waals surface area (Å²) in [6.07, 6.45) is -0.799. The Labute approximate surface area is 90.8 Å². The molecule has 1 rings (SSSR count). The first-order valence-electron chi connectivity index (χ1n) is 4.35. The van der Waals surface area contributed by atoms with E-state index in [-0.39, 0.29) is 17.3 Å². The summed E-state index contributed by atoms with van der Waals surface area (Å²) in [5.74, 6) is -5.08. The molecular weight excluding hydrogens is 248 g/mol. The molecule has 94 valence electrons. The number of aliphatic carboxylic acids is 1. The average molecular weight is 259 g/mol. The van der Waals surface area contributed by atoms with Crippen molar-refractivity contribution in [2.24, 2.45) is 0 Å². The van der Waals surface area contributed by atoms with Crippen LogP contribution >= 0.6 is 0 Å². The number of rotatable bonds is 4. The van der Waals surface area contributed by atoms with Crippen LogP contribution in [0.4, 0.5) is 8.78 Å². The molecule has 0 saturated carbocycles. The highest BCUT2D eigenvalue weighted by Crippen LogP contribution is 2.26. The van der Waals surface area contributed by atoms with E-state index >= 15 is 0 Å². The molecule has 1 heterocycles. The Balaban J connectivity index is 2.98. The van der Waals surface area contributed by atoms with Gasteiger partial charge in [-0.25, -0.2) is 8.42 Å². The maximum atomic E-state index is 12.3. The summed E-state index contributed by atoms with van der Waals surface area (Å²) in [5, 5.41) is 8.74. The number of hydrogen-bond acceptors (Lipinski definition) is 4. The summed E-state index contributed by atoms with van der Waals surface area (Å²) in [6, 6.07) is -1.48. The van der Waals surface area contributed by atoms with Gasteiger partial charge in [0.2, 0.25) is 0 Å². The monoisotopic (exact) mass is 259 g/mol. The van der Waals surface area contributed by atoms with Gasteiger partial charge in [-0.05, 0) is 0 Å². The Kier molecular flexibility index (Phi) is 3.81. The SMILES string of the molecule is COC1CC(C(=O)O)N(S(=O)(=O)C(F)F)C1. The van der Waals surface area contributed by atoms with Gasteiger partial charge in [0.1, 0.15) is 6.04 Å². The molecule has 1 aliphatic heterocycles. The van der Waals surface area contributed by atoms with Gasteiger partial charge in [0, 0.05) is 20.1 Å². The first-order chi connectivity index (χ1) is 7.30. The molecule has 0 aromatic carbocycles. The number of nitrogens with zero attached hydrogens (tertiary/aromatic N) is 1. The molecule has 2 unspecified atom stereocenters. The summed E-state index contributed by atoms with van der Waals surface area (Å²) in [5.41, 5.74) is 0. The van der Waals surface area contributed by atoms with E-state index in [4.69, 9.17) is 9.84 Å². The van der Waals surface area contributed by atoms with E-state index in [1.807, 2.05) is 0 Å². The average Bonchev–Trinajstić information content (AvgIpc) is 2.61. The van der Waals surface area contributed by atoms with E-state index < -0.39 is 33.9 Å². The first kappa shape index (κ1) is 13.3. The Morgan fingerprint density at radius 1 is 1.56 bits per heavy atom. The van der Waals surface area contributed by atoms with Crippen molar-refractivity contribution in [3.8, 4) is 0 Å². The van der Waals surface area contributed by atoms with Gasteiger partial charge < -0.3 is 9.84 Å². The van der Waals surface area contributed by atoms with Crippen molar-refractivity contribution >= 4 is 16.0 Å². The van der Waals surface area contributed by atoms with Crippen LogP contribution in [-0.4, -0.2) is 55.4 Å². The highest BCUT2D eigenvalue weighted by atomic mass is 32.2. The predicted molar refractivity (Wildman–Crippen MR) is 48.5 cm³/mol. The van der Waals surface area contributed by atoms with Gasteiger partial charge in [-0.3, -0.25) is 4.79 Å². The third-order valence-electron chi connectivity index (χ3n) is 2.39. The van der Waals surface area contributed by atoms with Crippen LogP contribution in [0.25, 0.3) is 0 Å². The minimum absolute atomic E-state index is 0.127. The summed E-state index contributed by atoms with van der Waals surface area (Å²) < 4.78 is 51.9. The number of carboxylic acids is 1. The zero-order valence-corrected chi connectivity index (χ0v) is 9.15. The molecular formula is C7H11F2NO5S. The van der Waals surface area contributed by atoms with Crippen LogP contribution in [0, 0.1) is 0 Å². The van der Waals surface area contributed by atoms with Crippen molar-refractivity contribution in [3.63, 3.8) is 0 Å². The largest absolute Gasteiger partial charge is 0.480 e. The van der Waals surface area contributed by atoms with Gasteiger partial charge >= 0.3 is 11.7 Å². The second-order valence-electron chi connectivity index (χ2n) is 3.32. The fourth-order valence-electron chi connectivity index (χ4n) is 1.55. The van der Waals surface area contributed by atoms with Crippen molar-refractivity contribution in [2.75, 3.05) is 13.7 Å². The number of sulfonamides is 1. The highest BCUT2D eigenvalue weighted by Gasteiger charge is 2.47. The van der Waals surface area contributed by atoms with Gasteiger partial charge in [0.15, 0.2) is 0 Å².